The van der Waals surface area contributed by atoms with Crippen molar-refractivity contribution in [2.75, 3.05) is 19.6 Å². The van der Waals surface area contributed by atoms with Gasteiger partial charge in [-0.3, -0.25) is 33.6 Å². The van der Waals surface area contributed by atoms with Gasteiger partial charge in [-0.15, -0.1) is 0 Å². The lowest BCUT2D eigenvalue weighted by molar-refractivity contribution is -0.148. The van der Waals surface area contributed by atoms with Gasteiger partial charge in [-0.05, 0) is 86.9 Å². The number of hydrogen-bond donors (Lipinski definition) is 8. The summed E-state index contributed by atoms with van der Waals surface area (Å²) in [6.45, 7) is 8.76. The van der Waals surface area contributed by atoms with Crippen molar-refractivity contribution in [3.05, 3.63) is 71.9 Å². The fourth-order valence-corrected chi connectivity index (χ4v) is 8.90. The van der Waals surface area contributed by atoms with Gasteiger partial charge in [0.25, 0.3) is 0 Å². The van der Waals surface area contributed by atoms with Crippen molar-refractivity contribution < 1.29 is 33.6 Å². The molecule has 17 heteroatoms. The molecule has 3 aromatic rings. The minimum Gasteiger partial charge on any atom is -0.368 e. The number of likely N-dealkylation sites (tertiary alicyclic amines) is 2. The molecule has 3 heterocycles. The molecule has 2 aliphatic heterocycles. The van der Waals surface area contributed by atoms with Crippen LogP contribution in [0.25, 0.3) is 10.9 Å². The summed E-state index contributed by atoms with van der Waals surface area (Å²) < 4.78 is 0. The number of benzene rings is 2. The fourth-order valence-electron chi connectivity index (χ4n) is 8.90. The van der Waals surface area contributed by atoms with Gasteiger partial charge in [-0.2, -0.15) is 0 Å². The van der Waals surface area contributed by atoms with Gasteiger partial charge in [0.2, 0.25) is 41.4 Å². The van der Waals surface area contributed by atoms with E-state index in [1.54, 1.807) is 6.20 Å². The predicted molar refractivity (Wildman–Crippen MR) is 248 cm³/mol. The lowest BCUT2D eigenvalue weighted by Gasteiger charge is -2.35. The molecule has 65 heavy (non-hydrogen) atoms. The van der Waals surface area contributed by atoms with Crippen LogP contribution in [0.4, 0.5) is 0 Å². The Morgan fingerprint density at radius 1 is 0.754 bits per heavy atom. The number of H-pyrrole nitrogens is 1. The first kappa shape index (κ1) is 50.2. The molecule has 8 atom stereocenters. The number of unbranched alkanes of at least 4 members (excludes halogenated alkanes) is 1. The first-order chi connectivity index (χ1) is 31.1. The molecule has 2 fully saturated rings. The Bertz CT molecular complexity index is 2110. The molecule has 1 unspecified atom stereocenters. The summed E-state index contributed by atoms with van der Waals surface area (Å²) in [6, 6.07) is 9.87. The maximum atomic E-state index is 14.5. The van der Waals surface area contributed by atoms with Gasteiger partial charge >= 0.3 is 0 Å². The molecule has 2 saturated heterocycles. The number of para-hydroxylation sites is 1. The minimum atomic E-state index is -1.18. The van der Waals surface area contributed by atoms with Gasteiger partial charge in [0.05, 0.1) is 6.04 Å². The lowest BCUT2D eigenvalue weighted by atomic mass is 9.96. The minimum absolute atomic E-state index is 0.0513. The molecule has 0 spiro atoms. The molecule has 1 aromatic heterocycles. The van der Waals surface area contributed by atoms with Crippen molar-refractivity contribution in [1.29, 1.82) is 0 Å². The van der Waals surface area contributed by atoms with E-state index in [9.17, 15) is 33.6 Å². The third-order valence-electron chi connectivity index (χ3n) is 12.8. The zero-order valence-corrected chi connectivity index (χ0v) is 38.4. The van der Waals surface area contributed by atoms with E-state index in [1.807, 2.05) is 82.3 Å². The Hall–Kier alpha value is -5.81. The molecule has 0 radical (unpaired) electrons. The molecule has 0 aliphatic carbocycles. The first-order valence-electron chi connectivity index (χ1n) is 23.3. The van der Waals surface area contributed by atoms with Crippen LogP contribution >= 0.6 is 0 Å². The van der Waals surface area contributed by atoms with Crippen LogP contribution in [0.5, 0.6) is 0 Å². The molecule has 2 aromatic carbocycles. The number of nitrogens with one attached hydrogen (secondary N) is 5. The largest absolute Gasteiger partial charge is 0.368 e. The van der Waals surface area contributed by atoms with E-state index in [2.05, 4.69) is 26.3 Å². The zero-order chi connectivity index (χ0) is 47.2. The summed E-state index contributed by atoms with van der Waals surface area (Å²) in [5.41, 5.74) is 19.9. The summed E-state index contributed by atoms with van der Waals surface area (Å²) in [5, 5.41) is 12.3. The number of nitrogens with zero attached hydrogens (tertiary/aromatic N) is 2. The van der Waals surface area contributed by atoms with E-state index < -0.39 is 71.8 Å². The van der Waals surface area contributed by atoms with E-state index in [-0.39, 0.29) is 49.5 Å². The molecule has 0 saturated carbocycles. The number of aromatic nitrogens is 1. The lowest BCUT2D eigenvalue weighted by Crippen LogP contribution is -2.60. The van der Waals surface area contributed by atoms with E-state index in [0.29, 0.717) is 64.5 Å². The van der Waals surface area contributed by atoms with Crippen molar-refractivity contribution >= 4 is 52.3 Å². The third-order valence-corrected chi connectivity index (χ3v) is 12.8. The maximum absolute atomic E-state index is 14.5. The average molecular weight is 899 g/mol. The SMILES string of the molecule is CCC(C)[C@H](NC(=O)[C@@H](N)CC(C)C)C(=O)N1CCC[C@H]1C(=O)N1CCC[C@H]1C(=O)N[C@@H](Cc1ccccc1)C(=O)N[C@@H](Cc1c[nH]c2ccccc12)C(=O)N[C@@H](CCCCN)C(N)=O. The van der Waals surface area contributed by atoms with Gasteiger partial charge in [0, 0.05) is 43.0 Å². The summed E-state index contributed by atoms with van der Waals surface area (Å²) >= 11 is 0. The number of nitrogens with two attached hydrogens (primary N) is 3. The highest BCUT2D eigenvalue weighted by Crippen LogP contribution is 2.27. The van der Waals surface area contributed by atoms with E-state index in [4.69, 9.17) is 17.2 Å². The summed E-state index contributed by atoms with van der Waals surface area (Å²) in [4.78, 5) is 104. The molecule has 5 rings (SSSR count). The number of hydrogen-bond acceptors (Lipinski definition) is 9. The molecule has 354 valence electrons. The van der Waals surface area contributed by atoms with Crippen LogP contribution in [0.1, 0.15) is 96.6 Å². The molecule has 0 bridgehead atoms. The molecule has 17 nitrogen and oxygen atoms in total. The van der Waals surface area contributed by atoms with Crippen molar-refractivity contribution in [2.45, 2.75) is 141 Å². The van der Waals surface area contributed by atoms with Crippen LogP contribution in [0.15, 0.2) is 60.8 Å². The highest BCUT2D eigenvalue weighted by molar-refractivity contribution is 5.98. The molecular formula is C48H70N10O7. The second-order valence-corrected chi connectivity index (χ2v) is 18.1. The Labute approximate surface area is 382 Å². The van der Waals surface area contributed by atoms with Crippen LogP contribution in [0.3, 0.4) is 0 Å². The first-order valence-corrected chi connectivity index (χ1v) is 23.3. The Kier molecular flexibility index (Phi) is 18.5. The van der Waals surface area contributed by atoms with Gasteiger partial charge in [-0.1, -0.05) is 82.6 Å². The normalized spacial score (nSPS) is 18.9. The van der Waals surface area contributed by atoms with Crippen molar-refractivity contribution in [1.82, 2.24) is 36.1 Å². The van der Waals surface area contributed by atoms with Crippen molar-refractivity contribution in [2.24, 2.45) is 29.0 Å². The molecular weight excluding hydrogens is 829 g/mol. The summed E-state index contributed by atoms with van der Waals surface area (Å²) in [7, 11) is 0. The maximum Gasteiger partial charge on any atom is 0.246 e. The molecule has 2 aliphatic rings. The van der Waals surface area contributed by atoms with Crippen molar-refractivity contribution in [3.63, 3.8) is 0 Å². The highest BCUT2D eigenvalue weighted by Gasteiger charge is 2.45. The van der Waals surface area contributed by atoms with Gasteiger partial charge in [-0.25, -0.2) is 0 Å². The number of fused-ring (bicyclic) bond motifs is 1. The van der Waals surface area contributed by atoms with E-state index in [1.165, 1.54) is 9.80 Å². The van der Waals surface area contributed by atoms with Crippen LogP contribution in [0.2, 0.25) is 0 Å². The number of carbonyl (C=O) groups excluding carboxylic acids is 7. The Morgan fingerprint density at radius 3 is 2.05 bits per heavy atom. The number of aromatic amines is 1. The summed E-state index contributed by atoms with van der Waals surface area (Å²) in [6.07, 6.45) is 6.22. The third kappa shape index (κ3) is 13.4. The Balaban J connectivity index is 1.36. The fraction of sp³-hybridized carbons (Fsp3) is 0.562. The van der Waals surface area contributed by atoms with Crippen LogP contribution < -0.4 is 38.5 Å². The van der Waals surface area contributed by atoms with Gasteiger partial charge < -0.3 is 53.3 Å². The van der Waals surface area contributed by atoms with Crippen LogP contribution in [-0.4, -0.2) is 118 Å². The summed E-state index contributed by atoms with van der Waals surface area (Å²) in [5.74, 6) is -3.71. The predicted octanol–water partition coefficient (Wildman–Crippen LogP) is 1.91. The van der Waals surface area contributed by atoms with Crippen LogP contribution in [-0.2, 0) is 46.4 Å². The smallest absolute Gasteiger partial charge is 0.246 e. The monoisotopic (exact) mass is 899 g/mol. The van der Waals surface area contributed by atoms with Crippen molar-refractivity contribution in [3.8, 4) is 0 Å². The quantitative estimate of drug-likeness (QED) is 0.0646. The average Bonchev–Trinajstić information content (AvgIpc) is 4.08. The van der Waals surface area contributed by atoms with Crippen LogP contribution in [0, 0.1) is 11.8 Å². The van der Waals surface area contributed by atoms with Gasteiger partial charge in [0.1, 0.15) is 36.3 Å². The molecule has 7 amide bonds. The van der Waals surface area contributed by atoms with E-state index >= 15 is 0 Å². The highest BCUT2D eigenvalue weighted by atomic mass is 16.2. The molecule has 11 N–H and O–H groups in total. The standard InChI is InChI=1S/C48H70N10O7/c1-5-30(4)41(56-43(60)34(50)25-29(2)3)48(65)58-24-14-21-40(58)47(64)57-23-13-20-39(57)46(63)55-37(26-31-15-7-6-8-16-31)44(61)54-38(27-32-28-52-35-18-10-9-17-33(32)35)45(62)53-36(42(51)59)19-11-12-22-49/h6-10,15-18,28-30,34,36-41,52H,5,11-14,19-27,49-50H2,1-4H3,(H2,51,59)(H,53,62)(H,54,61)(H,55,63)(H,56,60)/t30?,34-,36-,37-,38-,39-,40-,41-/m0/s1. The second kappa shape index (κ2) is 23.9. The van der Waals surface area contributed by atoms with Gasteiger partial charge in [0.15, 0.2) is 0 Å². The van der Waals surface area contributed by atoms with E-state index in [0.717, 1.165) is 22.0 Å². The zero-order valence-electron chi connectivity index (χ0n) is 38.4. The number of amides is 7. The number of carbonyl (C=O) groups is 7. The Morgan fingerprint density at radius 2 is 1.38 bits per heavy atom. The number of primary amides is 1. The second-order valence-electron chi connectivity index (χ2n) is 18.1. The topological polar surface area (TPSA) is 268 Å². The number of rotatable bonds is 23.